The summed E-state index contributed by atoms with van der Waals surface area (Å²) in [5, 5.41) is 17.0. The van der Waals surface area contributed by atoms with Crippen molar-refractivity contribution in [1.82, 2.24) is 0 Å². The smallest absolute Gasteiger partial charge is 0.328 e. The van der Waals surface area contributed by atoms with E-state index >= 15 is 0 Å². The molecule has 0 radical (unpaired) electrons. The Morgan fingerprint density at radius 2 is 2.28 bits per heavy atom. The maximum Gasteiger partial charge on any atom is 0.328 e. The number of benzene rings is 1. The van der Waals surface area contributed by atoms with Gasteiger partial charge in [0.05, 0.1) is 12.5 Å². The summed E-state index contributed by atoms with van der Waals surface area (Å²) < 4.78 is 13.4. The lowest BCUT2D eigenvalue weighted by molar-refractivity contribution is -0.131. The molecule has 5 heteroatoms. The van der Waals surface area contributed by atoms with E-state index in [1.807, 2.05) is 6.07 Å². The Morgan fingerprint density at radius 1 is 1.56 bits per heavy atom. The molecular weight excluding hydrogens is 235 g/mol. The van der Waals surface area contributed by atoms with Gasteiger partial charge in [0.2, 0.25) is 0 Å². The van der Waals surface area contributed by atoms with Crippen LogP contribution in [0.1, 0.15) is 12.0 Å². The van der Waals surface area contributed by atoms with E-state index in [0.29, 0.717) is 24.2 Å². The third kappa shape index (κ3) is 4.26. The minimum Gasteiger partial charge on any atom is -0.478 e. The second-order valence-corrected chi connectivity index (χ2v) is 3.74. The predicted octanol–water partition coefficient (Wildman–Crippen LogP) is 2.27. The van der Waals surface area contributed by atoms with Crippen LogP contribution < -0.4 is 4.90 Å². The molecule has 0 unspecified atom stereocenters. The minimum atomic E-state index is -1.08. The Morgan fingerprint density at radius 3 is 2.89 bits per heavy atom. The Labute approximate surface area is 105 Å². The molecule has 18 heavy (non-hydrogen) atoms. The van der Waals surface area contributed by atoms with Crippen LogP contribution in [0.4, 0.5) is 10.1 Å². The number of carbonyl (C=O) groups is 1. The lowest BCUT2D eigenvalue weighted by atomic mass is 10.1. The van der Waals surface area contributed by atoms with Crippen molar-refractivity contribution in [3.8, 4) is 6.07 Å². The Balaban J connectivity index is 2.93. The van der Waals surface area contributed by atoms with Gasteiger partial charge in [0, 0.05) is 25.4 Å². The van der Waals surface area contributed by atoms with Crippen LogP contribution >= 0.6 is 0 Å². The molecule has 0 aliphatic rings. The molecule has 1 aromatic carbocycles. The average molecular weight is 248 g/mol. The first-order chi connectivity index (χ1) is 8.52. The first-order valence-electron chi connectivity index (χ1n) is 5.32. The Kier molecular flexibility index (Phi) is 4.88. The molecular formula is C13H13FN2O2. The highest BCUT2D eigenvalue weighted by Gasteiger charge is 2.04. The molecule has 0 bridgehead atoms. The molecule has 0 fully saturated rings. The molecule has 1 aromatic rings. The fraction of sp³-hybridized carbons (Fsp3) is 0.231. The molecule has 0 spiro atoms. The molecule has 0 aliphatic heterocycles. The number of carboxylic acid groups (broad SMARTS) is 1. The third-order valence-electron chi connectivity index (χ3n) is 2.32. The van der Waals surface area contributed by atoms with E-state index in [1.165, 1.54) is 18.2 Å². The lowest BCUT2D eigenvalue weighted by Crippen LogP contribution is -2.18. The highest BCUT2D eigenvalue weighted by atomic mass is 19.1. The van der Waals surface area contributed by atoms with Gasteiger partial charge >= 0.3 is 5.97 Å². The molecule has 0 amide bonds. The summed E-state index contributed by atoms with van der Waals surface area (Å²) in [4.78, 5) is 12.1. The van der Waals surface area contributed by atoms with Crippen LogP contribution in [0, 0.1) is 17.1 Å². The SMILES string of the molecule is CN(CCC#N)c1cc(F)cc(/C=C/C(=O)O)c1. The van der Waals surface area contributed by atoms with Crippen molar-refractivity contribution in [3.05, 3.63) is 35.7 Å². The molecule has 0 atom stereocenters. The first-order valence-corrected chi connectivity index (χ1v) is 5.32. The van der Waals surface area contributed by atoms with Crippen molar-refractivity contribution in [1.29, 1.82) is 5.26 Å². The molecule has 0 saturated heterocycles. The normalized spacial score (nSPS) is 10.3. The van der Waals surface area contributed by atoms with E-state index in [-0.39, 0.29) is 0 Å². The summed E-state index contributed by atoms with van der Waals surface area (Å²) in [5.74, 6) is -1.53. The van der Waals surface area contributed by atoms with Gasteiger partial charge in [0.1, 0.15) is 5.82 Å². The Bertz CT molecular complexity index is 506. The monoisotopic (exact) mass is 248 g/mol. The number of rotatable bonds is 5. The van der Waals surface area contributed by atoms with Crippen LogP contribution in [-0.4, -0.2) is 24.7 Å². The minimum absolute atomic E-state index is 0.341. The molecule has 0 heterocycles. The van der Waals surface area contributed by atoms with E-state index in [0.717, 1.165) is 6.08 Å². The third-order valence-corrected chi connectivity index (χ3v) is 2.32. The van der Waals surface area contributed by atoms with Crippen LogP contribution in [0.3, 0.4) is 0 Å². The van der Waals surface area contributed by atoms with E-state index in [9.17, 15) is 9.18 Å². The Hall–Kier alpha value is -2.35. The van der Waals surface area contributed by atoms with Gasteiger partial charge in [-0.2, -0.15) is 5.26 Å². The number of hydrogen-bond donors (Lipinski definition) is 1. The van der Waals surface area contributed by atoms with Gasteiger partial charge in [-0.3, -0.25) is 0 Å². The molecule has 1 rings (SSSR count). The first kappa shape index (κ1) is 13.7. The highest BCUT2D eigenvalue weighted by Crippen LogP contribution is 2.18. The van der Waals surface area contributed by atoms with Crippen molar-refractivity contribution in [2.45, 2.75) is 6.42 Å². The second kappa shape index (κ2) is 6.40. The number of nitrogens with zero attached hydrogens (tertiary/aromatic N) is 2. The number of halogens is 1. The summed E-state index contributed by atoms with van der Waals surface area (Å²) >= 11 is 0. The van der Waals surface area contributed by atoms with Crippen LogP contribution in [0.5, 0.6) is 0 Å². The molecule has 0 saturated carbocycles. The standard InChI is InChI=1S/C13H13FN2O2/c1-16(6-2-5-15)12-8-10(3-4-13(17)18)7-11(14)9-12/h3-4,7-9H,2,6H2,1H3,(H,17,18)/b4-3+. The van der Waals surface area contributed by atoms with Crippen molar-refractivity contribution < 1.29 is 14.3 Å². The molecule has 4 nitrogen and oxygen atoms in total. The molecule has 0 aliphatic carbocycles. The summed E-state index contributed by atoms with van der Waals surface area (Å²) in [6.07, 6.45) is 2.62. The van der Waals surface area contributed by atoms with Crippen LogP contribution in [0.15, 0.2) is 24.3 Å². The maximum atomic E-state index is 13.4. The van der Waals surface area contributed by atoms with Gasteiger partial charge < -0.3 is 10.0 Å². The number of nitriles is 1. The predicted molar refractivity (Wildman–Crippen MR) is 66.6 cm³/mol. The fourth-order valence-electron chi connectivity index (χ4n) is 1.43. The molecule has 0 aromatic heterocycles. The summed E-state index contributed by atoms with van der Waals surface area (Å²) in [7, 11) is 1.75. The summed E-state index contributed by atoms with van der Waals surface area (Å²) in [6.45, 7) is 0.488. The zero-order valence-corrected chi connectivity index (χ0v) is 9.93. The van der Waals surface area contributed by atoms with Gasteiger partial charge in [-0.1, -0.05) is 0 Å². The van der Waals surface area contributed by atoms with E-state index in [2.05, 4.69) is 0 Å². The van der Waals surface area contributed by atoms with Crippen molar-refractivity contribution in [2.75, 3.05) is 18.5 Å². The second-order valence-electron chi connectivity index (χ2n) is 3.74. The van der Waals surface area contributed by atoms with Crippen molar-refractivity contribution in [3.63, 3.8) is 0 Å². The van der Waals surface area contributed by atoms with Crippen molar-refractivity contribution in [2.24, 2.45) is 0 Å². The number of carboxylic acids is 1. The summed E-state index contributed by atoms with van der Waals surface area (Å²) in [5.41, 5.74) is 1.08. The quantitative estimate of drug-likeness (QED) is 0.812. The van der Waals surface area contributed by atoms with Crippen LogP contribution in [0.2, 0.25) is 0 Å². The van der Waals surface area contributed by atoms with E-state index < -0.39 is 11.8 Å². The maximum absolute atomic E-state index is 13.4. The summed E-state index contributed by atoms with van der Waals surface area (Å²) in [6, 6.07) is 6.27. The number of hydrogen-bond acceptors (Lipinski definition) is 3. The van der Waals surface area contributed by atoms with Gasteiger partial charge in [-0.15, -0.1) is 0 Å². The van der Waals surface area contributed by atoms with E-state index in [4.69, 9.17) is 10.4 Å². The van der Waals surface area contributed by atoms with Crippen molar-refractivity contribution >= 4 is 17.7 Å². The zero-order valence-electron chi connectivity index (χ0n) is 9.93. The highest BCUT2D eigenvalue weighted by molar-refractivity contribution is 5.85. The largest absolute Gasteiger partial charge is 0.478 e. The van der Waals surface area contributed by atoms with Gasteiger partial charge in [-0.25, -0.2) is 9.18 Å². The zero-order chi connectivity index (χ0) is 13.5. The molecule has 1 N–H and O–H groups in total. The van der Waals surface area contributed by atoms with Crippen LogP contribution in [-0.2, 0) is 4.79 Å². The molecule has 94 valence electrons. The average Bonchev–Trinajstić information content (AvgIpc) is 2.32. The topological polar surface area (TPSA) is 64.3 Å². The van der Waals surface area contributed by atoms with Gasteiger partial charge in [-0.05, 0) is 29.8 Å². The van der Waals surface area contributed by atoms with Crippen LogP contribution in [0.25, 0.3) is 6.08 Å². The fourth-order valence-corrected chi connectivity index (χ4v) is 1.43. The van der Waals surface area contributed by atoms with Gasteiger partial charge in [0.25, 0.3) is 0 Å². The lowest BCUT2D eigenvalue weighted by Gasteiger charge is -2.18. The van der Waals surface area contributed by atoms with E-state index in [1.54, 1.807) is 18.0 Å². The number of anilines is 1. The number of aliphatic carboxylic acids is 1. The van der Waals surface area contributed by atoms with Gasteiger partial charge in [0.15, 0.2) is 0 Å².